The zero-order chi connectivity index (χ0) is 17.9. The number of hydrogen-bond donors (Lipinski definition) is 2. The monoisotopic (exact) mass is 358 g/mol. The number of unbranched alkanes of at least 4 members (excludes halogenated alkanes) is 1. The summed E-state index contributed by atoms with van der Waals surface area (Å²) in [5.74, 6) is 0.618. The van der Waals surface area contributed by atoms with Crippen molar-refractivity contribution in [2.24, 2.45) is 0 Å². The molecule has 6 heteroatoms. The van der Waals surface area contributed by atoms with Gasteiger partial charge in [-0.15, -0.1) is 0 Å². The number of aryl methyl sites for hydroxylation is 1. The van der Waals surface area contributed by atoms with E-state index in [-0.39, 0.29) is 4.90 Å². The lowest BCUT2D eigenvalue weighted by molar-refractivity contribution is 0.414. The SMILES string of the molecule is CCCCc1cc2cc(NS(=O)(=O)c3ccc(OC)cc3)ccc2[nH]1. The van der Waals surface area contributed by atoms with Crippen molar-refractivity contribution in [1.82, 2.24) is 4.98 Å². The van der Waals surface area contributed by atoms with Crippen LogP contribution in [-0.2, 0) is 16.4 Å². The summed E-state index contributed by atoms with van der Waals surface area (Å²) in [4.78, 5) is 3.57. The van der Waals surface area contributed by atoms with Crippen LogP contribution in [0.25, 0.3) is 10.9 Å². The van der Waals surface area contributed by atoms with Crippen LogP contribution in [0.1, 0.15) is 25.5 Å². The average Bonchev–Trinajstić information content (AvgIpc) is 3.01. The number of H-pyrrole nitrogens is 1. The van der Waals surface area contributed by atoms with Gasteiger partial charge in [0.15, 0.2) is 0 Å². The number of aromatic amines is 1. The number of rotatable bonds is 7. The molecule has 2 N–H and O–H groups in total. The van der Waals surface area contributed by atoms with Gasteiger partial charge >= 0.3 is 0 Å². The fraction of sp³-hybridized carbons (Fsp3) is 0.263. The Morgan fingerprint density at radius 1 is 1.08 bits per heavy atom. The van der Waals surface area contributed by atoms with Crippen LogP contribution in [-0.4, -0.2) is 20.5 Å². The number of ether oxygens (including phenoxy) is 1. The largest absolute Gasteiger partial charge is 0.497 e. The predicted octanol–water partition coefficient (Wildman–Crippen LogP) is 4.32. The zero-order valence-corrected chi connectivity index (χ0v) is 15.2. The van der Waals surface area contributed by atoms with E-state index in [1.54, 1.807) is 25.3 Å². The average molecular weight is 358 g/mol. The van der Waals surface area contributed by atoms with E-state index in [1.807, 2.05) is 12.1 Å². The van der Waals surface area contributed by atoms with Crippen molar-refractivity contribution >= 4 is 26.6 Å². The molecule has 0 saturated carbocycles. The first-order valence-corrected chi connectivity index (χ1v) is 9.78. The van der Waals surface area contributed by atoms with Gasteiger partial charge in [0, 0.05) is 22.3 Å². The minimum Gasteiger partial charge on any atom is -0.497 e. The molecular formula is C19H22N2O3S. The van der Waals surface area contributed by atoms with E-state index in [2.05, 4.69) is 22.7 Å². The Balaban J connectivity index is 1.83. The minimum atomic E-state index is -3.63. The van der Waals surface area contributed by atoms with E-state index in [9.17, 15) is 8.42 Å². The van der Waals surface area contributed by atoms with Crippen LogP contribution in [0, 0.1) is 0 Å². The lowest BCUT2D eigenvalue weighted by Gasteiger charge is -2.09. The summed E-state index contributed by atoms with van der Waals surface area (Å²) >= 11 is 0. The van der Waals surface area contributed by atoms with Gasteiger partial charge in [-0.05, 0) is 61.4 Å². The number of hydrogen-bond acceptors (Lipinski definition) is 3. The second kappa shape index (κ2) is 7.19. The Morgan fingerprint density at radius 3 is 2.52 bits per heavy atom. The molecule has 2 aromatic carbocycles. The Kier molecular flexibility index (Phi) is 4.99. The van der Waals surface area contributed by atoms with Crippen LogP contribution >= 0.6 is 0 Å². The molecule has 0 radical (unpaired) electrons. The number of benzene rings is 2. The van der Waals surface area contributed by atoms with Gasteiger partial charge in [-0.25, -0.2) is 8.42 Å². The van der Waals surface area contributed by atoms with E-state index < -0.39 is 10.0 Å². The second-order valence-corrected chi connectivity index (χ2v) is 7.66. The first kappa shape index (κ1) is 17.4. The van der Waals surface area contributed by atoms with Crippen molar-refractivity contribution in [3.8, 4) is 5.75 Å². The fourth-order valence-electron chi connectivity index (χ4n) is 2.73. The predicted molar refractivity (Wildman–Crippen MR) is 101 cm³/mol. The molecule has 0 aliphatic heterocycles. The summed E-state index contributed by atoms with van der Waals surface area (Å²) in [6, 6.07) is 13.9. The maximum absolute atomic E-state index is 12.5. The number of fused-ring (bicyclic) bond motifs is 1. The minimum absolute atomic E-state index is 0.200. The van der Waals surface area contributed by atoms with Gasteiger partial charge < -0.3 is 9.72 Å². The van der Waals surface area contributed by atoms with Crippen LogP contribution in [0.2, 0.25) is 0 Å². The summed E-state index contributed by atoms with van der Waals surface area (Å²) in [6.07, 6.45) is 3.27. The quantitative estimate of drug-likeness (QED) is 0.661. The van der Waals surface area contributed by atoms with Gasteiger partial charge in [0.05, 0.1) is 12.0 Å². The molecule has 25 heavy (non-hydrogen) atoms. The van der Waals surface area contributed by atoms with E-state index >= 15 is 0 Å². The summed E-state index contributed by atoms with van der Waals surface area (Å²) in [5, 5.41) is 1.00. The molecule has 0 amide bonds. The highest BCUT2D eigenvalue weighted by Gasteiger charge is 2.14. The molecule has 3 aromatic rings. The maximum Gasteiger partial charge on any atom is 0.261 e. The number of methoxy groups -OCH3 is 1. The van der Waals surface area contributed by atoms with E-state index in [0.717, 1.165) is 30.2 Å². The summed E-state index contributed by atoms with van der Waals surface area (Å²) < 4.78 is 32.7. The molecule has 0 aliphatic carbocycles. The summed E-state index contributed by atoms with van der Waals surface area (Å²) in [7, 11) is -2.09. The highest BCUT2D eigenvalue weighted by atomic mass is 32.2. The highest BCUT2D eigenvalue weighted by Crippen LogP contribution is 2.24. The van der Waals surface area contributed by atoms with Gasteiger partial charge in [-0.2, -0.15) is 0 Å². The molecule has 0 unspecified atom stereocenters. The Hall–Kier alpha value is -2.47. The number of sulfonamides is 1. The normalized spacial score (nSPS) is 11.6. The van der Waals surface area contributed by atoms with Crippen LogP contribution in [0.5, 0.6) is 5.75 Å². The Bertz CT molecular complexity index is 960. The first-order valence-electron chi connectivity index (χ1n) is 8.30. The zero-order valence-electron chi connectivity index (χ0n) is 14.4. The molecule has 0 aliphatic rings. The van der Waals surface area contributed by atoms with Crippen molar-refractivity contribution in [2.45, 2.75) is 31.1 Å². The van der Waals surface area contributed by atoms with Gasteiger partial charge in [0.2, 0.25) is 0 Å². The van der Waals surface area contributed by atoms with Crippen molar-refractivity contribution in [3.05, 3.63) is 54.2 Å². The van der Waals surface area contributed by atoms with E-state index in [0.29, 0.717) is 11.4 Å². The summed E-state index contributed by atoms with van der Waals surface area (Å²) in [5.41, 5.74) is 2.73. The third-order valence-corrected chi connectivity index (χ3v) is 5.50. The molecule has 0 bridgehead atoms. The highest BCUT2D eigenvalue weighted by molar-refractivity contribution is 7.92. The second-order valence-electron chi connectivity index (χ2n) is 5.98. The van der Waals surface area contributed by atoms with Gasteiger partial charge in [0.1, 0.15) is 5.75 Å². The third-order valence-electron chi connectivity index (χ3n) is 4.10. The van der Waals surface area contributed by atoms with Gasteiger partial charge in [-0.1, -0.05) is 13.3 Å². The lowest BCUT2D eigenvalue weighted by atomic mass is 10.2. The maximum atomic E-state index is 12.5. The molecule has 5 nitrogen and oxygen atoms in total. The Morgan fingerprint density at radius 2 is 1.84 bits per heavy atom. The van der Waals surface area contributed by atoms with Crippen LogP contribution in [0.4, 0.5) is 5.69 Å². The number of anilines is 1. The lowest BCUT2D eigenvalue weighted by Crippen LogP contribution is -2.12. The molecule has 1 aromatic heterocycles. The van der Waals surface area contributed by atoms with Gasteiger partial charge in [-0.3, -0.25) is 4.72 Å². The molecule has 0 spiro atoms. The van der Waals surface area contributed by atoms with Crippen molar-refractivity contribution in [1.29, 1.82) is 0 Å². The molecule has 3 rings (SSSR count). The van der Waals surface area contributed by atoms with Crippen molar-refractivity contribution in [3.63, 3.8) is 0 Å². The van der Waals surface area contributed by atoms with Crippen LogP contribution < -0.4 is 9.46 Å². The first-order chi connectivity index (χ1) is 12.0. The number of aromatic nitrogens is 1. The molecule has 0 fully saturated rings. The topological polar surface area (TPSA) is 71.2 Å². The molecule has 1 heterocycles. The molecule has 132 valence electrons. The van der Waals surface area contributed by atoms with Crippen LogP contribution in [0.3, 0.4) is 0 Å². The number of nitrogens with one attached hydrogen (secondary N) is 2. The Labute approximate surface area is 148 Å². The van der Waals surface area contributed by atoms with E-state index in [4.69, 9.17) is 4.74 Å². The standard InChI is InChI=1S/C19H22N2O3S/c1-3-4-5-15-12-14-13-16(6-11-19(14)20-15)21-25(22,23)18-9-7-17(24-2)8-10-18/h6-13,20-21H,3-5H2,1-2H3. The third kappa shape index (κ3) is 3.96. The molecule has 0 atom stereocenters. The van der Waals surface area contributed by atoms with E-state index in [1.165, 1.54) is 17.8 Å². The van der Waals surface area contributed by atoms with Crippen LogP contribution in [0.15, 0.2) is 53.4 Å². The fourth-order valence-corrected chi connectivity index (χ4v) is 3.78. The smallest absolute Gasteiger partial charge is 0.261 e. The van der Waals surface area contributed by atoms with Crippen molar-refractivity contribution in [2.75, 3.05) is 11.8 Å². The van der Waals surface area contributed by atoms with Gasteiger partial charge in [0.25, 0.3) is 10.0 Å². The molecular weight excluding hydrogens is 336 g/mol. The summed E-state index contributed by atoms with van der Waals surface area (Å²) in [6.45, 7) is 2.16. The molecule has 0 saturated heterocycles. The van der Waals surface area contributed by atoms with Crippen molar-refractivity contribution < 1.29 is 13.2 Å².